The van der Waals surface area contributed by atoms with Crippen LogP contribution in [0.2, 0.25) is 0 Å². The second-order valence-corrected chi connectivity index (χ2v) is 5.72. The number of fused-ring (bicyclic) bond motifs is 1. The fourth-order valence-electron chi connectivity index (χ4n) is 2.39. The van der Waals surface area contributed by atoms with Crippen LogP contribution in [0.5, 0.6) is 0 Å². The minimum absolute atomic E-state index is 0.0835. The summed E-state index contributed by atoms with van der Waals surface area (Å²) in [5, 5.41) is 3.25. The average Bonchev–Trinajstić information content (AvgIpc) is 2.44. The van der Waals surface area contributed by atoms with Gasteiger partial charge >= 0.3 is 0 Å². The highest BCUT2D eigenvalue weighted by Gasteiger charge is 2.35. The lowest BCUT2D eigenvalue weighted by Gasteiger charge is -2.31. The van der Waals surface area contributed by atoms with Crippen molar-refractivity contribution >= 4 is 34.2 Å². The number of benzene rings is 1. The van der Waals surface area contributed by atoms with Gasteiger partial charge in [-0.25, -0.2) is 0 Å². The Morgan fingerprint density at radius 3 is 2.68 bits per heavy atom. The number of ether oxygens (including phenoxy) is 1. The molecule has 1 fully saturated rings. The summed E-state index contributed by atoms with van der Waals surface area (Å²) in [4.78, 5) is 24.6. The zero-order valence-corrected chi connectivity index (χ0v) is 12.2. The first-order valence-electron chi connectivity index (χ1n) is 6.07. The third-order valence-electron chi connectivity index (χ3n) is 3.33. The lowest BCUT2D eigenvalue weighted by Crippen LogP contribution is -2.48. The van der Waals surface area contributed by atoms with Crippen LogP contribution in [0, 0.1) is 0 Å². The fraction of sp³-hybridized carbons (Fsp3) is 0.286. The molecule has 0 bridgehead atoms. The number of alkyl halides is 1. The van der Waals surface area contributed by atoms with Gasteiger partial charge in [-0.2, -0.15) is 0 Å². The summed E-state index contributed by atoms with van der Waals surface area (Å²) in [6.45, 7) is 1.31. The Hall–Kier alpha value is -1.05. The molecule has 4 nitrogen and oxygen atoms in total. The maximum atomic E-state index is 12.5. The maximum absolute atomic E-state index is 12.5. The Labute approximate surface area is 124 Å². The van der Waals surface area contributed by atoms with Gasteiger partial charge < -0.3 is 10.1 Å². The number of Topliss-reactive ketones (excluding diaryl/α,β-unsaturated/α-hetero) is 1. The summed E-state index contributed by atoms with van der Waals surface area (Å²) in [5.74, 6) is -0.193. The van der Waals surface area contributed by atoms with E-state index in [9.17, 15) is 9.59 Å². The van der Waals surface area contributed by atoms with E-state index in [1.54, 1.807) is 24.3 Å². The molecule has 3 rings (SSSR count). The van der Waals surface area contributed by atoms with Crippen molar-refractivity contribution in [2.75, 3.05) is 13.2 Å². The molecule has 0 amide bonds. The number of hydrogen-bond donors (Lipinski definition) is 1. The van der Waals surface area contributed by atoms with Crippen molar-refractivity contribution in [3.63, 3.8) is 0 Å². The molecular weight excluding hydrogens is 357 g/mol. The first-order chi connectivity index (χ1) is 9.18. The number of nitrogens with one attached hydrogen (secondary N) is 1. The topological polar surface area (TPSA) is 55.4 Å². The summed E-state index contributed by atoms with van der Waals surface area (Å²) >= 11 is 2.15. The van der Waals surface area contributed by atoms with Crippen LogP contribution >= 0.6 is 22.6 Å². The largest absolute Gasteiger partial charge is 0.365 e. The van der Waals surface area contributed by atoms with E-state index in [4.69, 9.17) is 4.74 Å². The first-order valence-corrected chi connectivity index (χ1v) is 7.32. The van der Waals surface area contributed by atoms with Gasteiger partial charge in [0.1, 0.15) is 4.11 Å². The van der Waals surface area contributed by atoms with E-state index in [2.05, 4.69) is 27.9 Å². The van der Waals surface area contributed by atoms with Crippen LogP contribution in [0.4, 0.5) is 0 Å². The van der Waals surface area contributed by atoms with Crippen LogP contribution in [0.3, 0.4) is 0 Å². The van der Waals surface area contributed by atoms with E-state index in [1.807, 2.05) is 0 Å². The quantitative estimate of drug-likeness (QED) is 0.606. The Kier molecular flexibility index (Phi) is 3.51. The van der Waals surface area contributed by atoms with Crippen LogP contribution in [-0.2, 0) is 4.74 Å². The van der Waals surface area contributed by atoms with Crippen LogP contribution in [0.15, 0.2) is 35.9 Å². The van der Waals surface area contributed by atoms with E-state index in [1.165, 1.54) is 6.08 Å². The molecule has 2 aliphatic rings. The number of carbonyl (C=O) groups excluding carboxylic acids is 2. The van der Waals surface area contributed by atoms with E-state index in [0.29, 0.717) is 29.9 Å². The maximum Gasteiger partial charge on any atom is 0.191 e. The summed E-state index contributed by atoms with van der Waals surface area (Å²) in [5.41, 5.74) is 1.47. The Morgan fingerprint density at radius 1 is 1.21 bits per heavy atom. The van der Waals surface area contributed by atoms with Gasteiger partial charge in [-0.15, -0.1) is 0 Å². The Bertz CT molecular complexity index is 582. The van der Waals surface area contributed by atoms with Crippen molar-refractivity contribution in [3.05, 3.63) is 47.0 Å². The summed E-state index contributed by atoms with van der Waals surface area (Å²) in [7, 11) is 0. The van der Waals surface area contributed by atoms with Crippen molar-refractivity contribution in [2.45, 2.75) is 10.2 Å². The lowest BCUT2D eigenvalue weighted by atomic mass is 9.86. The van der Waals surface area contributed by atoms with Crippen molar-refractivity contribution < 1.29 is 14.3 Å². The molecule has 2 unspecified atom stereocenters. The fourth-order valence-corrected chi connectivity index (χ4v) is 3.29. The van der Waals surface area contributed by atoms with Gasteiger partial charge in [-0.3, -0.25) is 9.59 Å². The zero-order chi connectivity index (χ0) is 13.4. The van der Waals surface area contributed by atoms with Gasteiger partial charge in [0.2, 0.25) is 0 Å². The highest BCUT2D eigenvalue weighted by atomic mass is 127. The Balaban J connectivity index is 2.00. The molecule has 1 aromatic carbocycles. The normalized spacial score (nSPS) is 26.9. The van der Waals surface area contributed by atoms with E-state index in [-0.39, 0.29) is 21.7 Å². The van der Waals surface area contributed by atoms with E-state index >= 15 is 0 Å². The molecule has 2 atom stereocenters. The summed E-state index contributed by atoms with van der Waals surface area (Å²) < 4.78 is 5.40. The highest BCUT2D eigenvalue weighted by Crippen LogP contribution is 2.27. The van der Waals surface area contributed by atoms with Crippen molar-refractivity contribution in [3.8, 4) is 0 Å². The molecule has 1 N–H and O–H groups in total. The van der Waals surface area contributed by atoms with Crippen molar-refractivity contribution in [2.24, 2.45) is 0 Å². The molecule has 98 valence electrons. The zero-order valence-electron chi connectivity index (χ0n) is 10.1. The molecule has 0 aromatic heterocycles. The number of hydrogen-bond acceptors (Lipinski definition) is 4. The number of carbonyl (C=O) groups is 2. The SMILES string of the molecule is O=C1C=C(C2NCCOC2I)C(=O)c2ccccc21. The second-order valence-electron chi connectivity index (χ2n) is 4.49. The molecular formula is C14H12INO3. The van der Waals surface area contributed by atoms with Gasteiger partial charge in [0, 0.05) is 23.2 Å². The van der Waals surface area contributed by atoms with Crippen LogP contribution in [-0.4, -0.2) is 34.9 Å². The minimum Gasteiger partial charge on any atom is -0.365 e. The monoisotopic (exact) mass is 369 g/mol. The standard InChI is InChI=1S/C14H12INO3/c15-14-12(16-5-6-19-14)10-7-11(17)8-3-1-2-4-9(8)13(10)18/h1-4,7,12,14,16H,5-6H2. The van der Waals surface area contributed by atoms with Crippen molar-refractivity contribution in [1.29, 1.82) is 0 Å². The van der Waals surface area contributed by atoms with Crippen LogP contribution in [0.1, 0.15) is 20.7 Å². The van der Waals surface area contributed by atoms with Gasteiger partial charge in [-0.1, -0.05) is 24.3 Å². The van der Waals surface area contributed by atoms with Crippen LogP contribution in [0.25, 0.3) is 0 Å². The Morgan fingerprint density at radius 2 is 1.95 bits per heavy atom. The third kappa shape index (κ3) is 2.26. The van der Waals surface area contributed by atoms with Gasteiger partial charge in [-0.05, 0) is 28.7 Å². The number of morpholine rings is 1. The molecule has 0 radical (unpaired) electrons. The molecule has 1 aliphatic heterocycles. The van der Waals surface area contributed by atoms with Gasteiger partial charge in [0.25, 0.3) is 0 Å². The molecule has 1 saturated heterocycles. The van der Waals surface area contributed by atoms with Crippen LogP contribution < -0.4 is 5.32 Å². The minimum atomic E-state index is -0.223. The molecule has 1 heterocycles. The van der Waals surface area contributed by atoms with Gasteiger partial charge in [0.15, 0.2) is 11.6 Å². The highest BCUT2D eigenvalue weighted by molar-refractivity contribution is 14.1. The molecule has 1 aliphatic carbocycles. The second kappa shape index (κ2) is 5.15. The lowest BCUT2D eigenvalue weighted by molar-refractivity contribution is 0.0691. The average molecular weight is 369 g/mol. The molecule has 5 heteroatoms. The predicted molar refractivity (Wildman–Crippen MR) is 78.7 cm³/mol. The number of halogens is 1. The third-order valence-corrected chi connectivity index (χ3v) is 4.41. The summed E-state index contributed by atoms with van der Waals surface area (Å²) in [6, 6.07) is 6.72. The summed E-state index contributed by atoms with van der Waals surface area (Å²) in [6.07, 6.45) is 1.45. The van der Waals surface area contributed by atoms with Crippen molar-refractivity contribution in [1.82, 2.24) is 5.32 Å². The van der Waals surface area contributed by atoms with Gasteiger partial charge in [0.05, 0.1) is 12.6 Å². The molecule has 0 spiro atoms. The smallest absolute Gasteiger partial charge is 0.191 e. The molecule has 1 aromatic rings. The number of allylic oxidation sites excluding steroid dienone is 1. The molecule has 0 saturated carbocycles. The van der Waals surface area contributed by atoms with E-state index < -0.39 is 0 Å². The molecule has 19 heavy (non-hydrogen) atoms. The first kappa shape index (κ1) is 13.0. The number of rotatable bonds is 1. The predicted octanol–water partition coefficient (Wildman–Crippen LogP) is 1.74. The number of ketones is 2. The van der Waals surface area contributed by atoms with E-state index in [0.717, 1.165) is 0 Å².